The SMILES string of the molecule is Ic1ccccc1.O=CO. The molecule has 10 heavy (non-hydrogen) atoms. The van der Waals surface area contributed by atoms with E-state index < -0.39 is 0 Å². The molecule has 0 aliphatic rings. The number of carboxylic acid groups (broad SMARTS) is 1. The van der Waals surface area contributed by atoms with E-state index in [0.717, 1.165) is 0 Å². The van der Waals surface area contributed by atoms with Crippen molar-refractivity contribution in [1.82, 2.24) is 0 Å². The van der Waals surface area contributed by atoms with E-state index >= 15 is 0 Å². The summed E-state index contributed by atoms with van der Waals surface area (Å²) in [6.45, 7) is -0.250. The molecular formula is C7H7IO2. The van der Waals surface area contributed by atoms with Crippen molar-refractivity contribution in [3.05, 3.63) is 33.9 Å². The van der Waals surface area contributed by atoms with Crippen molar-refractivity contribution in [1.29, 1.82) is 0 Å². The Hall–Kier alpha value is -0.580. The van der Waals surface area contributed by atoms with Gasteiger partial charge in [0, 0.05) is 3.57 Å². The molecule has 54 valence electrons. The summed E-state index contributed by atoms with van der Waals surface area (Å²) in [6, 6.07) is 10.2. The van der Waals surface area contributed by atoms with Gasteiger partial charge >= 0.3 is 0 Å². The number of carbonyl (C=O) groups is 1. The van der Waals surface area contributed by atoms with Crippen molar-refractivity contribution in [2.75, 3.05) is 0 Å². The summed E-state index contributed by atoms with van der Waals surface area (Å²) < 4.78 is 1.29. The molecule has 0 saturated carbocycles. The van der Waals surface area contributed by atoms with Crippen molar-refractivity contribution in [3.63, 3.8) is 0 Å². The zero-order valence-electron chi connectivity index (χ0n) is 5.20. The molecule has 0 amide bonds. The van der Waals surface area contributed by atoms with E-state index in [1.165, 1.54) is 3.57 Å². The first-order valence-corrected chi connectivity index (χ1v) is 3.67. The third-order valence-corrected chi connectivity index (χ3v) is 1.45. The van der Waals surface area contributed by atoms with Crippen LogP contribution in [0.4, 0.5) is 0 Å². The van der Waals surface area contributed by atoms with Gasteiger partial charge in [0.05, 0.1) is 0 Å². The Bertz CT molecular complexity index is 174. The molecule has 0 aliphatic heterocycles. The Morgan fingerprint density at radius 1 is 1.30 bits per heavy atom. The fraction of sp³-hybridized carbons (Fsp3) is 0. The lowest BCUT2D eigenvalue weighted by molar-refractivity contribution is -0.122. The molecule has 1 N–H and O–H groups in total. The average molecular weight is 250 g/mol. The summed E-state index contributed by atoms with van der Waals surface area (Å²) in [5.74, 6) is 0. The number of halogens is 1. The second-order valence-electron chi connectivity index (χ2n) is 1.40. The third-order valence-electron chi connectivity index (χ3n) is 0.733. The van der Waals surface area contributed by atoms with Crippen LogP contribution in [0.3, 0.4) is 0 Å². The second kappa shape index (κ2) is 6.54. The molecule has 0 heterocycles. The van der Waals surface area contributed by atoms with E-state index in [2.05, 4.69) is 34.7 Å². The van der Waals surface area contributed by atoms with Crippen LogP contribution < -0.4 is 0 Å². The number of rotatable bonds is 0. The van der Waals surface area contributed by atoms with Gasteiger partial charge in [-0.25, -0.2) is 0 Å². The number of hydrogen-bond donors (Lipinski definition) is 1. The van der Waals surface area contributed by atoms with Gasteiger partial charge in [-0.15, -0.1) is 0 Å². The van der Waals surface area contributed by atoms with E-state index in [0.29, 0.717) is 0 Å². The highest BCUT2D eigenvalue weighted by molar-refractivity contribution is 14.1. The zero-order chi connectivity index (χ0) is 7.82. The van der Waals surface area contributed by atoms with Gasteiger partial charge in [-0.05, 0) is 34.7 Å². The van der Waals surface area contributed by atoms with Gasteiger partial charge in [0.15, 0.2) is 0 Å². The molecule has 0 atom stereocenters. The molecule has 0 fully saturated rings. The lowest BCUT2D eigenvalue weighted by Crippen LogP contribution is -1.61. The smallest absolute Gasteiger partial charge is 0.290 e. The maximum Gasteiger partial charge on any atom is 0.290 e. The van der Waals surface area contributed by atoms with Gasteiger partial charge in [-0.1, -0.05) is 18.2 Å². The van der Waals surface area contributed by atoms with E-state index in [9.17, 15) is 0 Å². The number of hydrogen-bond acceptors (Lipinski definition) is 1. The Morgan fingerprint density at radius 3 is 1.90 bits per heavy atom. The Kier molecular flexibility index (Phi) is 6.16. The minimum absolute atomic E-state index is 0.250. The van der Waals surface area contributed by atoms with Gasteiger partial charge in [0.25, 0.3) is 6.47 Å². The first-order valence-electron chi connectivity index (χ1n) is 2.59. The van der Waals surface area contributed by atoms with Crippen molar-refractivity contribution in [2.45, 2.75) is 0 Å². The molecule has 0 aliphatic carbocycles. The first-order chi connectivity index (χ1) is 4.81. The molecule has 0 saturated heterocycles. The van der Waals surface area contributed by atoms with Crippen LogP contribution in [-0.2, 0) is 4.79 Å². The molecule has 0 unspecified atom stereocenters. The van der Waals surface area contributed by atoms with Gasteiger partial charge in [-0.3, -0.25) is 4.79 Å². The van der Waals surface area contributed by atoms with Crippen LogP contribution in [0.1, 0.15) is 0 Å². The third kappa shape index (κ3) is 5.55. The molecule has 0 spiro atoms. The van der Waals surface area contributed by atoms with Crippen LogP contribution in [0.25, 0.3) is 0 Å². The monoisotopic (exact) mass is 250 g/mol. The van der Waals surface area contributed by atoms with Crippen molar-refractivity contribution >= 4 is 29.1 Å². The molecule has 3 heteroatoms. The molecule has 0 bridgehead atoms. The maximum atomic E-state index is 8.36. The van der Waals surface area contributed by atoms with Crippen LogP contribution in [-0.4, -0.2) is 11.6 Å². The Balaban J connectivity index is 0.000000236. The predicted molar refractivity (Wildman–Crippen MR) is 47.9 cm³/mol. The quantitative estimate of drug-likeness (QED) is 0.564. The first kappa shape index (κ1) is 9.42. The van der Waals surface area contributed by atoms with E-state index in [1.807, 2.05) is 18.2 Å². The fourth-order valence-corrected chi connectivity index (χ4v) is 0.830. The number of benzene rings is 1. The van der Waals surface area contributed by atoms with Crippen molar-refractivity contribution in [2.24, 2.45) is 0 Å². The van der Waals surface area contributed by atoms with Gasteiger partial charge < -0.3 is 5.11 Å². The summed E-state index contributed by atoms with van der Waals surface area (Å²) in [4.78, 5) is 8.36. The van der Waals surface area contributed by atoms with Crippen LogP contribution >= 0.6 is 22.6 Å². The summed E-state index contributed by atoms with van der Waals surface area (Å²) in [5, 5.41) is 6.89. The fourth-order valence-electron chi connectivity index (χ4n) is 0.415. The minimum Gasteiger partial charge on any atom is -0.483 e. The van der Waals surface area contributed by atoms with Crippen molar-refractivity contribution in [3.8, 4) is 0 Å². The average Bonchev–Trinajstić information content (AvgIpc) is 1.91. The molecule has 1 rings (SSSR count). The van der Waals surface area contributed by atoms with Crippen molar-refractivity contribution < 1.29 is 9.90 Å². The van der Waals surface area contributed by atoms with Crippen LogP contribution in [0.15, 0.2) is 30.3 Å². The van der Waals surface area contributed by atoms with Crippen LogP contribution in [0, 0.1) is 3.57 Å². The molecule has 1 aromatic rings. The highest BCUT2D eigenvalue weighted by atomic mass is 127. The molecule has 2 nitrogen and oxygen atoms in total. The molecule has 0 aromatic heterocycles. The van der Waals surface area contributed by atoms with E-state index in [4.69, 9.17) is 9.90 Å². The van der Waals surface area contributed by atoms with E-state index in [-0.39, 0.29) is 6.47 Å². The Morgan fingerprint density at radius 2 is 1.70 bits per heavy atom. The zero-order valence-corrected chi connectivity index (χ0v) is 7.36. The minimum atomic E-state index is -0.250. The molecular weight excluding hydrogens is 243 g/mol. The summed E-state index contributed by atoms with van der Waals surface area (Å²) in [7, 11) is 0. The van der Waals surface area contributed by atoms with Gasteiger partial charge in [-0.2, -0.15) is 0 Å². The largest absolute Gasteiger partial charge is 0.483 e. The lowest BCUT2D eigenvalue weighted by Gasteiger charge is -1.80. The predicted octanol–water partition coefficient (Wildman–Crippen LogP) is 1.99. The second-order valence-corrected chi connectivity index (χ2v) is 2.65. The Labute approximate surface area is 73.0 Å². The molecule has 1 aromatic carbocycles. The van der Waals surface area contributed by atoms with Gasteiger partial charge in [0.1, 0.15) is 0 Å². The normalized spacial score (nSPS) is 7.30. The van der Waals surface area contributed by atoms with Crippen LogP contribution in [0.5, 0.6) is 0 Å². The summed E-state index contributed by atoms with van der Waals surface area (Å²) in [5.41, 5.74) is 0. The standard InChI is InChI=1S/C6H5I.CH2O2/c7-6-4-2-1-3-5-6;2-1-3/h1-5H;1H,(H,2,3). The molecule has 0 radical (unpaired) electrons. The summed E-state index contributed by atoms with van der Waals surface area (Å²) in [6.07, 6.45) is 0. The summed E-state index contributed by atoms with van der Waals surface area (Å²) >= 11 is 2.28. The topological polar surface area (TPSA) is 37.3 Å². The lowest BCUT2D eigenvalue weighted by atomic mass is 10.4. The highest BCUT2D eigenvalue weighted by Gasteiger charge is 1.74. The highest BCUT2D eigenvalue weighted by Crippen LogP contribution is 1.99. The van der Waals surface area contributed by atoms with Crippen LogP contribution in [0.2, 0.25) is 0 Å². The maximum absolute atomic E-state index is 8.36. The van der Waals surface area contributed by atoms with E-state index in [1.54, 1.807) is 0 Å². The van der Waals surface area contributed by atoms with Gasteiger partial charge in [0.2, 0.25) is 0 Å².